The van der Waals surface area contributed by atoms with Gasteiger partial charge in [0.1, 0.15) is 0 Å². The molecule has 0 spiro atoms. The third kappa shape index (κ3) is 2.27. The molecular formula is C13H13N3O4. The van der Waals surface area contributed by atoms with Gasteiger partial charge in [-0.1, -0.05) is 5.16 Å². The highest BCUT2D eigenvalue weighted by Crippen LogP contribution is 2.34. The van der Waals surface area contributed by atoms with Gasteiger partial charge >= 0.3 is 0 Å². The van der Waals surface area contributed by atoms with Gasteiger partial charge in [0, 0.05) is 17.7 Å². The Morgan fingerprint density at radius 1 is 1.30 bits per heavy atom. The first-order valence-electron chi connectivity index (χ1n) is 6.41. The Hall–Kier alpha value is -2.28. The molecule has 0 aliphatic heterocycles. The van der Waals surface area contributed by atoms with Gasteiger partial charge < -0.3 is 9.63 Å². The minimum atomic E-state index is -0.458. The van der Waals surface area contributed by atoms with Crippen LogP contribution in [-0.4, -0.2) is 26.3 Å². The van der Waals surface area contributed by atoms with E-state index in [1.807, 2.05) is 0 Å². The molecule has 0 saturated heterocycles. The lowest BCUT2D eigenvalue weighted by atomic mass is 10.1. The molecule has 3 rings (SSSR count). The third-order valence-electron chi connectivity index (χ3n) is 3.57. The van der Waals surface area contributed by atoms with Crippen LogP contribution in [0.5, 0.6) is 0 Å². The molecule has 7 heteroatoms. The van der Waals surface area contributed by atoms with Crippen LogP contribution in [0.1, 0.15) is 31.1 Å². The zero-order chi connectivity index (χ0) is 14.1. The number of rotatable bonds is 3. The highest BCUT2D eigenvalue weighted by atomic mass is 16.6. The Labute approximate surface area is 114 Å². The molecule has 1 aromatic carbocycles. The van der Waals surface area contributed by atoms with Crippen molar-refractivity contribution in [3.63, 3.8) is 0 Å². The molecule has 0 radical (unpaired) electrons. The number of benzene rings is 1. The van der Waals surface area contributed by atoms with Crippen molar-refractivity contribution < 1.29 is 14.6 Å². The maximum absolute atomic E-state index is 10.6. The minimum Gasteiger partial charge on any atom is -0.392 e. The minimum absolute atomic E-state index is 0.0173. The Morgan fingerprint density at radius 3 is 2.65 bits per heavy atom. The number of hydrogen-bond acceptors (Lipinski definition) is 6. The molecule has 0 bridgehead atoms. The second kappa shape index (κ2) is 5.01. The fourth-order valence-electron chi connectivity index (χ4n) is 2.46. The largest absolute Gasteiger partial charge is 0.392 e. The van der Waals surface area contributed by atoms with Crippen molar-refractivity contribution in [2.45, 2.75) is 31.3 Å². The molecule has 1 fully saturated rings. The van der Waals surface area contributed by atoms with E-state index in [2.05, 4.69) is 10.1 Å². The van der Waals surface area contributed by atoms with Gasteiger partial charge in [0.05, 0.1) is 16.9 Å². The van der Waals surface area contributed by atoms with Crippen LogP contribution in [0, 0.1) is 10.1 Å². The summed E-state index contributed by atoms with van der Waals surface area (Å²) in [6.07, 6.45) is 2.10. The fraction of sp³-hybridized carbons (Fsp3) is 0.385. The summed E-state index contributed by atoms with van der Waals surface area (Å²) in [6, 6.07) is 5.96. The van der Waals surface area contributed by atoms with E-state index in [1.165, 1.54) is 12.1 Å². The summed E-state index contributed by atoms with van der Waals surface area (Å²) < 4.78 is 5.20. The number of hydrogen-bond donors (Lipinski definition) is 1. The standard InChI is InChI=1S/C13H13N3O4/c17-11-3-1-2-10(11)13-14-12(15-20-13)8-4-6-9(7-5-8)16(18)19/h4-7,10-11,17H,1-3H2. The SMILES string of the molecule is O=[N+]([O-])c1ccc(-c2noc(C3CCCC3O)n2)cc1. The van der Waals surface area contributed by atoms with Gasteiger partial charge in [-0.05, 0) is 31.4 Å². The normalized spacial score (nSPS) is 22.1. The van der Waals surface area contributed by atoms with Crippen LogP contribution in [-0.2, 0) is 0 Å². The molecule has 1 heterocycles. The summed E-state index contributed by atoms with van der Waals surface area (Å²) in [5.41, 5.74) is 0.668. The number of aliphatic hydroxyl groups is 1. The van der Waals surface area contributed by atoms with Crippen molar-refractivity contribution in [1.82, 2.24) is 10.1 Å². The van der Waals surface area contributed by atoms with Gasteiger partial charge in [-0.15, -0.1) is 0 Å². The first kappa shape index (κ1) is 12.7. The zero-order valence-electron chi connectivity index (χ0n) is 10.6. The van der Waals surface area contributed by atoms with Gasteiger partial charge in [-0.25, -0.2) is 0 Å². The van der Waals surface area contributed by atoms with Gasteiger partial charge in [0.2, 0.25) is 11.7 Å². The number of aromatic nitrogens is 2. The summed E-state index contributed by atoms with van der Waals surface area (Å²) in [4.78, 5) is 14.4. The van der Waals surface area contributed by atoms with Crippen LogP contribution in [0.2, 0.25) is 0 Å². The third-order valence-corrected chi connectivity index (χ3v) is 3.57. The van der Waals surface area contributed by atoms with Crippen molar-refractivity contribution >= 4 is 5.69 Å². The number of nitro groups is 1. The molecule has 0 amide bonds. The Morgan fingerprint density at radius 2 is 2.05 bits per heavy atom. The van der Waals surface area contributed by atoms with E-state index in [-0.39, 0.29) is 11.6 Å². The highest BCUT2D eigenvalue weighted by Gasteiger charge is 2.31. The number of aliphatic hydroxyl groups excluding tert-OH is 1. The summed E-state index contributed by atoms with van der Waals surface area (Å²) in [7, 11) is 0. The average molecular weight is 275 g/mol. The molecular weight excluding hydrogens is 262 g/mol. The van der Waals surface area contributed by atoms with Crippen LogP contribution >= 0.6 is 0 Å². The van der Waals surface area contributed by atoms with Crippen molar-refractivity contribution in [2.75, 3.05) is 0 Å². The van der Waals surface area contributed by atoms with Crippen molar-refractivity contribution in [2.24, 2.45) is 0 Å². The Balaban J connectivity index is 1.84. The summed E-state index contributed by atoms with van der Waals surface area (Å²) in [5, 5.41) is 24.3. The summed E-state index contributed by atoms with van der Waals surface area (Å²) in [6.45, 7) is 0. The lowest BCUT2D eigenvalue weighted by Gasteiger charge is -2.07. The molecule has 1 aliphatic rings. The Bertz CT molecular complexity index is 623. The number of nitrogens with zero attached hydrogens (tertiary/aromatic N) is 3. The molecule has 2 unspecified atom stereocenters. The number of nitro benzene ring substituents is 1. The van der Waals surface area contributed by atoms with Crippen LogP contribution in [0.15, 0.2) is 28.8 Å². The Kier molecular flexibility index (Phi) is 3.19. The monoisotopic (exact) mass is 275 g/mol. The quantitative estimate of drug-likeness (QED) is 0.681. The van der Waals surface area contributed by atoms with Crippen molar-refractivity contribution in [1.29, 1.82) is 0 Å². The van der Waals surface area contributed by atoms with Crippen LogP contribution in [0.3, 0.4) is 0 Å². The van der Waals surface area contributed by atoms with E-state index in [0.717, 1.165) is 19.3 Å². The van der Waals surface area contributed by atoms with Crippen LogP contribution in [0.4, 0.5) is 5.69 Å². The van der Waals surface area contributed by atoms with Gasteiger partial charge in [-0.3, -0.25) is 10.1 Å². The molecule has 1 N–H and O–H groups in total. The van der Waals surface area contributed by atoms with Crippen molar-refractivity contribution in [3.8, 4) is 11.4 Å². The predicted octanol–water partition coefficient (Wildman–Crippen LogP) is 2.27. The van der Waals surface area contributed by atoms with E-state index in [0.29, 0.717) is 17.3 Å². The summed E-state index contributed by atoms with van der Waals surface area (Å²) in [5.74, 6) is 0.714. The molecule has 104 valence electrons. The molecule has 2 aromatic rings. The average Bonchev–Trinajstić information content (AvgIpc) is 3.07. The predicted molar refractivity (Wildman–Crippen MR) is 69.0 cm³/mol. The second-order valence-corrected chi connectivity index (χ2v) is 4.86. The van der Waals surface area contributed by atoms with E-state index in [9.17, 15) is 15.2 Å². The second-order valence-electron chi connectivity index (χ2n) is 4.86. The number of non-ortho nitro benzene ring substituents is 1. The van der Waals surface area contributed by atoms with Gasteiger partial charge in [0.25, 0.3) is 5.69 Å². The van der Waals surface area contributed by atoms with E-state index >= 15 is 0 Å². The zero-order valence-corrected chi connectivity index (χ0v) is 10.6. The molecule has 7 nitrogen and oxygen atoms in total. The van der Waals surface area contributed by atoms with Gasteiger partial charge in [0.15, 0.2) is 0 Å². The van der Waals surface area contributed by atoms with Crippen LogP contribution in [0.25, 0.3) is 11.4 Å². The van der Waals surface area contributed by atoms with E-state index < -0.39 is 11.0 Å². The maximum atomic E-state index is 10.6. The summed E-state index contributed by atoms with van der Waals surface area (Å²) >= 11 is 0. The molecule has 1 aliphatic carbocycles. The maximum Gasteiger partial charge on any atom is 0.269 e. The topological polar surface area (TPSA) is 102 Å². The smallest absolute Gasteiger partial charge is 0.269 e. The first-order chi connectivity index (χ1) is 9.65. The highest BCUT2D eigenvalue weighted by molar-refractivity contribution is 5.56. The van der Waals surface area contributed by atoms with Crippen molar-refractivity contribution in [3.05, 3.63) is 40.3 Å². The lowest BCUT2D eigenvalue weighted by molar-refractivity contribution is -0.384. The molecule has 1 aromatic heterocycles. The molecule has 20 heavy (non-hydrogen) atoms. The molecule has 1 saturated carbocycles. The molecule has 2 atom stereocenters. The van der Waals surface area contributed by atoms with E-state index in [4.69, 9.17) is 4.52 Å². The fourth-order valence-corrected chi connectivity index (χ4v) is 2.46. The lowest BCUT2D eigenvalue weighted by Crippen LogP contribution is -2.11. The van der Waals surface area contributed by atoms with E-state index in [1.54, 1.807) is 12.1 Å². The van der Waals surface area contributed by atoms with Crippen LogP contribution < -0.4 is 0 Å². The first-order valence-corrected chi connectivity index (χ1v) is 6.41. The van der Waals surface area contributed by atoms with Gasteiger partial charge in [-0.2, -0.15) is 4.98 Å².